The predicted molar refractivity (Wildman–Crippen MR) is 114 cm³/mol. The molecule has 0 aliphatic carbocycles. The molecule has 2 heterocycles. The van der Waals surface area contributed by atoms with E-state index in [0.29, 0.717) is 25.2 Å². The second-order valence-corrected chi connectivity index (χ2v) is 8.04. The summed E-state index contributed by atoms with van der Waals surface area (Å²) in [5, 5.41) is 0. The molecule has 0 unspecified atom stereocenters. The Kier molecular flexibility index (Phi) is 8.51. The van der Waals surface area contributed by atoms with E-state index in [-0.39, 0.29) is 30.6 Å². The second-order valence-electron chi connectivity index (χ2n) is 8.04. The van der Waals surface area contributed by atoms with Gasteiger partial charge in [0.05, 0.1) is 6.10 Å². The topological polar surface area (TPSA) is 68.3 Å². The fraction of sp³-hybridized carbons (Fsp3) is 0.652. The van der Waals surface area contributed by atoms with Crippen LogP contribution in [0.1, 0.15) is 49.4 Å². The first-order valence-electron chi connectivity index (χ1n) is 11.0. The third-order valence-corrected chi connectivity index (χ3v) is 5.69. The van der Waals surface area contributed by atoms with Crippen molar-refractivity contribution in [3.8, 4) is 5.75 Å². The molecule has 3 rings (SSSR count). The maximum Gasteiger partial charge on any atom is 0.253 e. The lowest BCUT2D eigenvalue weighted by Gasteiger charge is -2.33. The lowest BCUT2D eigenvalue weighted by atomic mass is 10.1. The minimum atomic E-state index is 0.0267. The highest BCUT2D eigenvalue weighted by molar-refractivity contribution is 5.94. The number of ether oxygens (including phenoxy) is 3. The number of likely N-dealkylation sites (tertiary alicyclic amines) is 2. The van der Waals surface area contributed by atoms with Crippen molar-refractivity contribution in [1.82, 2.24) is 9.80 Å². The van der Waals surface area contributed by atoms with Gasteiger partial charge in [0.1, 0.15) is 18.5 Å². The largest absolute Gasteiger partial charge is 0.490 e. The molecule has 7 heteroatoms. The van der Waals surface area contributed by atoms with Crippen LogP contribution < -0.4 is 4.74 Å². The van der Waals surface area contributed by atoms with Crippen LogP contribution in [0.15, 0.2) is 24.3 Å². The minimum Gasteiger partial charge on any atom is -0.490 e. The normalized spacial score (nSPS) is 20.3. The van der Waals surface area contributed by atoms with Crippen LogP contribution in [0.5, 0.6) is 5.75 Å². The lowest BCUT2D eigenvalue weighted by molar-refractivity contribution is -0.136. The molecule has 2 aliphatic heterocycles. The van der Waals surface area contributed by atoms with Gasteiger partial charge in [-0.2, -0.15) is 0 Å². The van der Waals surface area contributed by atoms with Gasteiger partial charge in [0.2, 0.25) is 5.91 Å². The van der Waals surface area contributed by atoms with Gasteiger partial charge < -0.3 is 24.0 Å². The van der Waals surface area contributed by atoms with Crippen LogP contribution in [0.4, 0.5) is 0 Å². The maximum absolute atomic E-state index is 12.9. The predicted octanol–water partition coefficient (Wildman–Crippen LogP) is 2.73. The minimum absolute atomic E-state index is 0.0267. The Morgan fingerprint density at radius 3 is 2.40 bits per heavy atom. The van der Waals surface area contributed by atoms with E-state index in [0.717, 1.165) is 51.0 Å². The molecule has 0 spiro atoms. The van der Waals surface area contributed by atoms with Crippen molar-refractivity contribution in [3.63, 3.8) is 0 Å². The van der Waals surface area contributed by atoms with Gasteiger partial charge in [0.25, 0.3) is 5.91 Å². The van der Waals surface area contributed by atoms with Crippen LogP contribution >= 0.6 is 0 Å². The molecule has 2 amide bonds. The third-order valence-electron chi connectivity index (χ3n) is 5.69. The van der Waals surface area contributed by atoms with E-state index in [9.17, 15) is 9.59 Å². The number of hydrogen-bond donors (Lipinski definition) is 0. The first kappa shape index (κ1) is 22.6. The molecule has 2 saturated heterocycles. The summed E-state index contributed by atoms with van der Waals surface area (Å²) < 4.78 is 16.8. The summed E-state index contributed by atoms with van der Waals surface area (Å²) in [4.78, 5) is 28.5. The molecule has 1 atom stereocenters. The fourth-order valence-electron chi connectivity index (χ4n) is 4.03. The van der Waals surface area contributed by atoms with Crippen molar-refractivity contribution in [1.29, 1.82) is 0 Å². The van der Waals surface area contributed by atoms with E-state index in [4.69, 9.17) is 14.2 Å². The van der Waals surface area contributed by atoms with E-state index >= 15 is 0 Å². The van der Waals surface area contributed by atoms with Crippen LogP contribution in [0.2, 0.25) is 0 Å². The zero-order chi connectivity index (χ0) is 21.3. The Morgan fingerprint density at radius 2 is 1.73 bits per heavy atom. The summed E-state index contributed by atoms with van der Waals surface area (Å²) in [7, 11) is 1.53. The zero-order valence-corrected chi connectivity index (χ0v) is 18.2. The molecular weight excluding hydrogens is 384 g/mol. The van der Waals surface area contributed by atoms with Crippen molar-refractivity contribution < 1.29 is 23.8 Å². The molecule has 2 aliphatic rings. The number of benzene rings is 1. The van der Waals surface area contributed by atoms with E-state index in [1.807, 2.05) is 34.1 Å². The van der Waals surface area contributed by atoms with Crippen molar-refractivity contribution in [2.24, 2.45) is 0 Å². The van der Waals surface area contributed by atoms with E-state index in [1.165, 1.54) is 7.11 Å². The highest BCUT2D eigenvalue weighted by Crippen LogP contribution is 2.22. The molecule has 0 saturated carbocycles. The van der Waals surface area contributed by atoms with Gasteiger partial charge in [-0.05, 0) is 43.5 Å². The van der Waals surface area contributed by atoms with Gasteiger partial charge in [-0.3, -0.25) is 9.59 Å². The molecule has 30 heavy (non-hydrogen) atoms. The Hall–Kier alpha value is -2.12. The number of amides is 2. The van der Waals surface area contributed by atoms with Crippen LogP contribution in [0.3, 0.4) is 0 Å². The summed E-state index contributed by atoms with van der Waals surface area (Å²) in [6.07, 6.45) is 4.81. The highest BCUT2D eigenvalue weighted by Gasteiger charge is 2.26. The molecular formula is C23H34N2O5. The van der Waals surface area contributed by atoms with E-state index in [1.54, 1.807) is 0 Å². The highest BCUT2D eigenvalue weighted by atomic mass is 16.5. The van der Waals surface area contributed by atoms with Gasteiger partial charge in [0.15, 0.2) is 0 Å². The molecule has 0 aromatic heterocycles. The van der Waals surface area contributed by atoms with Crippen molar-refractivity contribution in [2.45, 2.75) is 51.2 Å². The molecule has 1 aromatic rings. The van der Waals surface area contributed by atoms with Crippen LogP contribution in [-0.2, 0) is 14.3 Å². The van der Waals surface area contributed by atoms with Gasteiger partial charge in [0, 0.05) is 58.3 Å². The number of piperidine rings is 2. The molecule has 0 radical (unpaired) electrons. The molecule has 166 valence electrons. The summed E-state index contributed by atoms with van der Waals surface area (Å²) in [5.74, 6) is 0.839. The number of carbonyl (C=O) groups is 2. The molecule has 2 fully saturated rings. The average Bonchev–Trinajstić information content (AvgIpc) is 2.78. The summed E-state index contributed by atoms with van der Waals surface area (Å²) in [5.41, 5.74) is 0.679. The summed E-state index contributed by atoms with van der Waals surface area (Å²) in [6, 6.07) is 7.41. The van der Waals surface area contributed by atoms with Gasteiger partial charge in [-0.1, -0.05) is 6.92 Å². The average molecular weight is 419 g/mol. The van der Waals surface area contributed by atoms with Crippen molar-refractivity contribution >= 4 is 11.8 Å². The first-order chi connectivity index (χ1) is 14.6. The molecule has 0 N–H and O–H groups in total. The monoisotopic (exact) mass is 418 g/mol. The Balaban J connectivity index is 1.48. The van der Waals surface area contributed by atoms with E-state index < -0.39 is 0 Å². The number of carbonyl (C=O) groups excluding carboxylic acids is 2. The third kappa shape index (κ3) is 6.19. The van der Waals surface area contributed by atoms with Crippen molar-refractivity contribution in [2.75, 3.05) is 46.5 Å². The summed E-state index contributed by atoms with van der Waals surface area (Å²) in [6.45, 7) is 5.78. The van der Waals surface area contributed by atoms with Crippen molar-refractivity contribution in [3.05, 3.63) is 29.8 Å². The Labute approximate surface area is 179 Å². The van der Waals surface area contributed by atoms with E-state index in [2.05, 4.69) is 6.92 Å². The van der Waals surface area contributed by atoms with Gasteiger partial charge in [-0.25, -0.2) is 0 Å². The van der Waals surface area contributed by atoms with Gasteiger partial charge in [-0.15, -0.1) is 0 Å². The molecule has 7 nitrogen and oxygen atoms in total. The standard InChI is InChI=1S/C23H34N2O5/c1-3-15-29-21-5-4-12-25(16-21)23(27)18-6-8-19(9-7-18)30-20-10-13-24(14-11-20)22(26)17-28-2/h6-9,20-21H,3-5,10-17H2,1-2H3/t21-/m0/s1. The quantitative estimate of drug-likeness (QED) is 0.649. The van der Waals surface area contributed by atoms with Crippen LogP contribution in [0, 0.1) is 0 Å². The number of nitrogens with zero attached hydrogens (tertiary/aromatic N) is 2. The SMILES string of the molecule is CCCO[C@H]1CCCN(C(=O)c2ccc(OC3CCN(C(=O)COC)CC3)cc2)C1. The Bertz CT molecular complexity index is 685. The van der Waals surface area contributed by atoms with Gasteiger partial charge >= 0.3 is 0 Å². The molecule has 1 aromatic carbocycles. The van der Waals surface area contributed by atoms with Crippen LogP contribution in [0.25, 0.3) is 0 Å². The molecule has 0 bridgehead atoms. The van der Waals surface area contributed by atoms with Crippen LogP contribution in [-0.4, -0.2) is 80.3 Å². The smallest absolute Gasteiger partial charge is 0.253 e. The number of methoxy groups -OCH3 is 1. The lowest BCUT2D eigenvalue weighted by Crippen LogP contribution is -2.43. The Morgan fingerprint density at radius 1 is 1.00 bits per heavy atom. The number of rotatable bonds is 8. The second kappa shape index (κ2) is 11.3. The summed E-state index contributed by atoms with van der Waals surface area (Å²) >= 11 is 0. The fourth-order valence-corrected chi connectivity index (χ4v) is 4.03. The maximum atomic E-state index is 12.9. The first-order valence-corrected chi connectivity index (χ1v) is 11.0. The number of hydrogen-bond acceptors (Lipinski definition) is 5. The zero-order valence-electron chi connectivity index (χ0n) is 18.2.